The Hall–Kier alpha value is -2.14. The van der Waals surface area contributed by atoms with Crippen LogP contribution in [-0.2, 0) is 13.1 Å². The van der Waals surface area contributed by atoms with Crippen molar-refractivity contribution in [3.63, 3.8) is 0 Å². The topological polar surface area (TPSA) is 75.6 Å². The summed E-state index contributed by atoms with van der Waals surface area (Å²) < 4.78 is 1.92. The molecule has 1 aliphatic heterocycles. The van der Waals surface area contributed by atoms with E-state index < -0.39 is 0 Å². The maximum absolute atomic E-state index is 6.24. The fourth-order valence-electron chi connectivity index (χ4n) is 3.18. The number of guanidine groups is 1. The highest BCUT2D eigenvalue weighted by molar-refractivity contribution is 14.0. The number of piperazine rings is 1. The van der Waals surface area contributed by atoms with E-state index in [0.717, 1.165) is 43.4 Å². The highest BCUT2D eigenvalue weighted by atomic mass is 127. The molecule has 2 aromatic heterocycles. The minimum absolute atomic E-state index is 0. The summed E-state index contributed by atoms with van der Waals surface area (Å²) in [5.41, 5.74) is 8.61. The van der Waals surface area contributed by atoms with Gasteiger partial charge in [0.1, 0.15) is 0 Å². The molecule has 1 aliphatic rings. The predicted molar refractivity (Wildman–Crippen MR) is 124 cm³/mol. The molecule has 7 nitrogen and oxygen atoms in total. The van der Waals surface area contributed by atoms with Crippen molar-refractivity contribution in [2.45, 2.75) is 13.1 Å². The Bertz CT molecular complexity index is 872. The molecule has 28 heavy (non-hydrogen) atoms. The maximum atomic E-state index is 6.24. The van der Waals surface area contributed by atoms with E-state index in [1.165, 1.54) is 5.56 Å². The lowest BCUT2D eigenvalue weighted by atomic mass is 10.1. The van der Waals surface area contributed by atoms with Crippen molar-refractivity contribution < 1.29 is 0 Å². The first-order valence-corrected chi connectivity index (χ1v) is 9.90. The van der Waals surface area contributed by atoms with Crippen LogP contribution in [0.25, 0.3) is 0 Å². The highest BCUT2D eigenvalue weighted by Crippen LogP contribution is 2.18. The molecule has 0 saturated carbocycles. The van der Waals surface area contributed by atoms with Crippen LogP contribution in [0, 0.1) is 0 Å². The third-order valence-corrected chi connectivity index (χ3v) is 5.44. The minimum Gasteiger partial charge on any atom is -0.370 e. The van der Waals surface area contributed by atoms with Gasteiger partial charge in [-0.1, -0.05) is 24.3 Å². The summed E-state index contributed by atoms with van der Waals surface area (Å²) in [5, 5.41) is 7.35. The number of rotatable bonds is 5. The van der Waals surface area contributed by atoms with Crippen LogP contribution in [0.3, 0.4) is 0 Å². The van der Waals surface area contributed by atoms with Gasteiger partial charge in [0, 0.05) is 50.1 Å². The van der Waals surface area contributed by atoms with E-state index in [4.69, 9.17) is 5.73 Å². The Balaban J connectivity index is 0.00000225. The number of halogens is 1. The summed E-state index contributed by atoms with van der Waals surface area (Å²) in [6.45, 7) is 4.93. The number of anilines is 1. The van der Waals surface area contributed by atoms with Crippen molar-refractivity contribution in [2.75, 3.05) is 31.1 Å². The fraction of sp³-hybridized carbons (Fsp3) is 0.316. The molecular formula is C19H24IN7S. The number of nitrogens with zero attached hydrogens (tertiary/aromatic N) is 6. The molecule has 0 spiro atoms. The smallest absolute Gasteiger partial charge is 0.191 e. The SMILES string of the molecule is I.NC(=NCc1cccc(Cn2cccn2)c1)N1CCN(c2nccs2)CC1. The molecule has 0 unspecified atom stereocenters. The van der Waals surface area contributed by atoms with Gasteiger partial charge in [-0.25, -0.2) is 9.98 Å². The summed E-state index contributed by atoms with van der Waals surface area (Å²) in [4.78, 5) is 13.4. The number of nitrogens with two attached hydrogens (primary N) is 1. The van der Waals surface area contributed by atoms with Crippen LogP contribution < -0.4 is 10.6 Å². The van der Waals surface area contributed by atoms with E-state index in [0.29, 0.717) is 12.5 Å². The Kier molecular flexibility index (Phi) is 7.26. The summed E-state index contributed by atoms with van der Waals surface area (Å²) in [6.07, 6.45) is 5.61. The van der Waals surface area contributed by atoms with Gasteiger partial charge in [0.25, 0.3) is 0 Å². The van der Waals surface area contributed by atoms with E-state index in [2.05, 4.69) is 49.1 Å². The number of benzene rings is 1. The van der Waals surface area contributed by atoms with Gasteiger partial charge in [-0.2, -0.15) is 5.10 Å². The summed E-state index contributed by atoms with van der Waals surface area (Å²) in [7, 11) is 0. The lowest BCUT2D eigenvalue weighted by Gasteiger charge is -2.35. The molecule has 1 aromatic carbocycles. The molecule has 0 bridgehead atoms. The van der Waals surface area contributed by atoms with Crippen LogP contribution in [-0.4, -0.2) is 51.8 Å². The standard InChI is InChI=1S/C19H23N7S.HI/c20-18(24-8-10-25(11-9-24)19-21-6-12-27-19)22-14-16-3-1-4-17(13-16)15-26-7-2-5-23-26;/h1-7,12-13H,8-11,14-15H2,(H2,20,22);1H. The lowest BCUT2D eigenvalue weighted by Crippen LogP contribution is -2.51. The first-order valence-electron chi connectivity index (χ1n) is 9.02. The van der Waals surface area contributed by atoms with E-state index in [-0.39, 0.29) is 24.0 Å². The van der Waals surface area contributed by atoms with Gasteiger partial charge < -0.3 is 15.5 Å². The van der Waals surface area contributed by atoms with E-state index in [1.54, 1.807) is 17.5 Å². The third kappa shape index (κ3) is 5.22. The Morgan fingerprint density at radius 1 is 1.11 bits per heavy atom. The van der Waals surface area contributed by atoms with Crippen molar-refractivity contribution in [1.82, 2.24) is 19.7 Å². The first kappa shape index (κ1) is 20.6. The summed E-state index contributed by atoms with van der Waals surface area (Å²) >= 11 is 1.68. The summed E-state index contributed by atoms with van der Waals surface area (Å²) in [5.74, 6) is 0.617. The maximum Gasteiger partial charge on any atom is 0.191 e. The lowest BCUT2D eigenvalue weighted by molar-refractivity contribution is 0.380. The van der Waals surface area contributed by atoms with Crippen LogP contribution in [0.5, 0.6) is 0 Å². The van der Waals surface area contributed by atoms with Crippen LogP contribution in [0.1, 0.15) is 11.1 Å². The normalized spacial score (nSPS) is 14.8. The Labute approximate surface area is 185 Å². The zero-order chi connectivity index (χ0) is 18.5. The monoisotopic (exact) mass is 509 g/mol. The molecule has 0 amide bonds. The van der Waals surface area contributed by atoms with E-state index >= 15 is 0 Å². The third-order valence-electron chi connectivity index (χ3n) is 4.61. The molecule has 1 saturated heterocycles. The Morgan fingerprint density at radius 3 is 2.64 bits per heavy atom. The second-order valence-corrected chi connectivity index (χ2v) is 7.36. The van der Waals surface area contributed by atoms with Crippen molar-refractivity contribution >= 4 is 46.4 Å². The highest BCUT2D eigenvalue weighted by Gasteiger charge is 2.19. The fourth-order valence-corrected chi connectivity index (χ4v) is 3.88. The molecule has 3 heterocycles. The summed E-state index contributed by atoms with van der Waals surface area (Å²) in [6, 6.07) is 10.4. The number of hydrogen-bond acceptors (Lipinski definition) is 5. The Morgan fingerprint density at radius 2 is 1.93 bits per heavy atom. The van der Waals surface area contributed by atoms with Crippen molar-refractivity contribution in [3.05, 3.63) is 65.4 Å². The van der Waals surface area contributed by atoms with E-state index in [9.17, 15) is 0 Å². The average Bonchev–Trinajstić information content (AvgIpc) is 3.41. The molecule has 0 atom stereocenters. The zero-order valence-corrected chi connectivity index (χ0v) is 18.7. The first-order chi connectivity index (χ1) is 13.3. The molecule has 0 radical (unpaired) electrons. The van der Waals surface area contributed by atoms with Gasteiger partial charge in [0.05, 0.1) is 13.1 Å². The van der Waals surface area contributed by atoms with Gasteiger partial charge in [-0.3, -0.25) is 4.68 Å². The molecule has 3 aromatic rings. The molecule has 4 rings (SSSR count). The molecule has 2 N–H and O–H groups in total. The average molecular weight is 509 g/mol. The largest absolute Gasteiger partial charge is 0.370 e. The molecular weight excluding hydrogens is 485 g/mol. The number of hydrogen-bond donors (Lipinski definition) is 1. The quantitative estimate of drug-likeness (QED) is 0.325. The number of aromatic nitrogens is 3. The number of thiazole rings is 1. The van der Waals surface area contributed by atoms with Gasteiger partial charge in [0.2, 0.25) is 0 Å². The van der Waals surface area contributed by atoms with Crippen LogP contribution in [0.15, 0.2) is 59.3 Å². The molecule has 9 heteroatoms. The van der Waals surface area contributed by atoms with Gasteiger partial charge >= 0.3 is 0 Å². The van der Waals surface area contributed by atoms with E-state index in [1.807, 2.05) is 28.5 Å². The van der Waals surface area contributed by atoms with Crippen LogP contribution in [0.2, 0.25) is 0 Å². The molecule has 148 valence electrons. The van der Waals surface area contributed by atoms with Crippen LogP contribution >= 0.6 is 35.3 Å². The van der Waals surface area contributed by atoms with Gasteiger partial charge in [-0.05, 0) is 17.2 Å². The van der Waals surface area contributed by atoms with Crippen LogP contribution in [0.4, 0.5) is 5.13 Å². The minimum atomic E-state index is 0. The second-order valence-electron chi connectivity index (χ2n) is 6.49. The molecule has 1 fully saturated rings. The van der Waals surface area contributed by atoms with Crippen molar-refractivity contribution in [1.29, 1.82) is 0 Å². The zero-order valence-electron chi connectivity index (χ0n) is 15.5. The van der Waals surface area contributed by atoms with Gasteiger partial charge in [-0.15, -0.1) is 35.3 Å². The molecule has 0 aliphatic carbocycles. The second kappa shape index (κ2) is 9.87. The van der Waals surface area contributed by atoms with Crippen molar-refractivity contribution in [3.8, 4) is 0 Å². The number of aliphatic imine (C=N–C) groups is 1. The van der Waals surface area contributed by atoms with Gasteiger partial charge in [0.15, 0.2) is 11.1 Å². The van der Waals surface area contributed by atoms with Crippen molar-refractivity contribution in [2.24, 2.45) is 10.7 Å². The predicted octanol–water partition coefficient (Wildman–Crippen LogP) is 2.64.